The SMILES string of the molecule is CC1CCCN(C2CCCCC2)C1CN. The highest BCUT2D eigenvalue weighted by Gasteiger charge is 2.32. The third-order valence-corrected chi connectivity index (χ3v) is 4.44. The maximum Gasteiger partial charge on any atom is 0.0246 e. The van der Waals surface area contributed by atoms with Gasteiger partial charge < -0.3 is 5.73 Å². The molecule has 1 heterocycles. The van der Waals surface area contributed by atoms with E-state index >= 15 is 0 Å². The van der Waals surface area contributed by atoms with Gasteiger partial charge in [-0.2, -0.15) is 0 Å². The van der Waals surface area contributed by atoms with Gasteiger partial charge in [0, 0.05) is 18.6 Å². The maximum atomic E-state index is 5.95. The standard InChI is InChI=1S/C13H26N2/c1-11-6-5-9-15(13(11)10-14)12-7-3-2-4-8-12/h11-13H,2-10,14H2,1H3. The molecule has 0 amide bonds. The summed E-state index contributed by atoms with van der Waals surface area (Å²) in [7, 11) is 0. The molecule has 0 radical (unpaired) electrons. The third kappa shape index (κ3) is 2.54. The van der Waals surface area contributed by atoms with E-state index in [4.69, 9.17) is 5.73 Å². The van der Waals surface area contributed by atoms with Gasteiger partial charge in [0.1, 0.15) is 0 Å². The van der Waals surface area contributed by atoms with Crippen LogP contribution in [0.25, 0.3) is 0 Å². The first-order valence-corrected chi connectivity index (χ1v) is 6.78. The van der Waals surface area contributed by atoms with E-state index < -0.39 is 0 Å². The molecule has 1 saturated heterocycles. The molecule has 15 heavy (non-hydrogen) atoms. The van der Waals surface area contributed by atoms with E-state index in [2.05, 4.69) is 11.8 Å². The average molecular weight is 210 g/mol. The van der Waals surface area contributed by atoms with Crippen molar-refractivity contribution in [3.05, 3.63) is 0 Å². The Labute approximate surface area is 94.2 Å². The lowest BCUT2D eigenvalue weighted by Crippen LogP contribution is -2.53. The number of rotatable bonds is 2. The van der Waals surface area contributed by atoms with Gasteiger partial charge in [0.15, 0.2) is 0 Å². The zero-order valence-corrected chi connectivity index (χ0v) is 10.1. The Morgan fingerprint density at radius 3 is 2.47 bits per heavy atom. The highest BCUT2D eigenvalue weighted by atomic mass is 15.2. The Morgan fingerprint density at radius 2 is 1.80 bits per heavy atom. The molecule has 1 saturated carbocycles. The predicted octanol–water partition coefficient (Wildman–Crippen LogP) is 2.38. The van der Waals surface area contributed by atoms with Gasteiger partial charge in [-0.3, -0.25) is 4.90 Å². The van der Waals surface area contributed by atoms with E-state index in [1.165, 1.54) is 51.5 Å². The first-order chi connectivity index (χ1) is 7.33. The molecule has 2 atom stereocenters. The van der Waals surface area contributed by atoms with Crippen molar-refractivity contribution in [2.45, 2.75) is 64.0 Å². The van der Waals surface area contributed by atoms with Gasteiger partial charge in [-0.15, -0.1) is 0 Å². The number of hydrogen-bond acceptors (Lipinski definition) is 2. The van der Waals surface area contributed by atoms with E-state index in [1.54, 1.807) is 0 Å². The molecule has 0 aromatic carbocycles. The monoisotopic (exact) mass is 210 g/mol. The van der Waals surface area contributed by atoms with Crippen molar-refractivity contribution in [3.8, 4) is 0 Å². The minimum atomic E-state index is 0.668. The molecular weight excluding hydrogens is 184 g/mol. The summed E-state index contributed by atoms with van der Waals surface area (Å²) in [6.07, 6.45) is 9.93. The summed E-state index contributed by atoms with van der Waals surface area (Å²) in [5.41, 5.74) is 5.95. The van der Waals surface area contributed by atoms with Gasteiger partial charge >= 0.3 is 0 Å². The van der Waals surface area contributed by atoms with Crippen LogP contribution in [-0.4, -0.2) is 30.1 Å². The Morgan fingerprint density at radius 1 is 1.07 bits per heavy atom. The molecule has 2 heteroatoms. The van der Waals surface area contributed by atoms with Gasteiger partial charge in [0.05, 0.1) is 0 Å². The lowest BCUT2D eigenvalue weighted by Gasteiger charge is -2.45. The molecule has 2 rings (SSSR count). The fourth-order valence-electron chi connectivity index (χ4n) is 3.51. The van der Waals surface area contributed by atoms with E-state index in [0.29, 0.717) is 6.04 Å². The predicted molar refractivity (Wildman–Crippen MR) is 64.8 cm³/mol. The van der Waals surface area contributed by atoms with E-state index in [1.807, 2.05) is 0 Å². The second-order valence-corrected chi connectivity index (χ2v) is 5.45. The molecule has 0 aromatic rings. The van der Waals surface area contributed by atoms with Crippen LogP contribution in [0.15, 0.2) is 0 Å². The fraction of sp³-hybridized carbons (Fsp3) is 1.00. The smallest absolute Gasteiger partial charge is 0.0246 e. The number of likely N-dealkylation sites (tertiary alicyclic amines) is 1. The van der Waals surface area contributed by atoms with Crippen molar-refractivity contribution < 1.29 is 0 Å². The molecule has 0 bridgehead atoms. The van der Waals surface area contributed by atoms with Crippen LogP contribution in [0.5, 0.6) is 0 Å². The second-order valence-electron chi connectivity index (χ2n) is 5.45. The van der Waals surface area contributed by atoms with Gasteiger partial charge in [-0.1, -0.05) is 26.2 Å². The second kappa shape index (κ2) is 5.31. The van der Waals surface area contributed by atoms with Crippen LogP contribution >= 0.6 is 0 Å². The molecule has 2 aliphatic rings. The van der Waals surface area contributed by atoms with Crippen LogP contribution < -0.4 is 5.73 Å². The molecule has 2 nitrogen and oxygen atoms in total. The first-order valence-electron chi connectivity index (χ1n) is 6.78. The fourth-order valence-corrected chi connectivity index (χ4v) is 3.51. The lowest BCUT2D eigenvalue weighted by atomic mass is 9.86. The summed E-state index contributed by atoms with van der Waals surface area (Å²) in [6.45, 7) is 4.54. The number of nitrogens with zero attached hydrogens (tertiary/aromatic N) is 1. The maximum absolute atomic E-state index is 5.95. The van der Waals surface area contributed by atoms with Crippen LogP contribution in [0.1, 0.15) is 51.9 Å². The van der Waals surface area contributed by atoms with Gasteiger partial charge in [-0.05, 0) is 38.1 Å². The topological polar surface area (TPSA) is 29.3 Å². The van der Waals surface area contributed by atoms with Gasteiger partial charge in [0.25, 0.3) is 0 Å². The largest absolute Gasteiger partial charge is 0.329 e. The third-order valence-electron chi connectivity index (χ3n) is 4.44. The molecule has 0 spiro atoms. The minimum absolute atomic E-state index is 0.668. The first kappa shape index (κ1) is 11.4. The summed E-state index contributed by atoms with van der Waals surface area (Å²) in [4.78, 5) is 2.74. The van der Waals surface area contributed by atoms with Gasteiger partial charge in [-0.25, -0.2) is 0 Å². The highest BCUT2D eigenvalue weighted by molar-refractivity contribution is 4.88. The molecular formula is C13H26N2. The zero-order chi connectivity index (χ0) is 10.7. The Hall–Kier alpha value is -0.0800. The van der Waals surface area contributed by atoms with Gasteiger partial charge in [0.2, 0.25) is 0 Å². The summed E-state index contributed by atoms with van der Waals surface area (Å²) in [5.74, 6) is 0.811. The average Bonchev–Trinajstić information content (AvgIpc) is 2.30. The van der Waals surface area contributed by atoms with Crippen molar-refractivity contribution in [2.24, 2.45) is 11.7 Å². The van der Waals surface area contributed by atoms with E-state index in [9.17, 15) is 0 Å². The van der Waals surface area contributed by atoms with Crippen molar-refractivity contribution in [1.29, 1.82) is 0 Å². The lowest BCUT2D eigenvalue weighted by molar-refractivity contribution is 0.0452. The van der Waals surface area contributed by atoms with E-state index in [-0.39, 0.29) is 0 Å². The molecule has 0 aromatic heterocycles. The van der Waals surface area contributed by atoms with Crippen molar-refractivity contribution in [3.63, 3.8) is 0 Å². The number of hydrogen-bond donors (Lipinski definition) is 1. The van der Waals surface area contributed by atoms with E-state index in [0.717, 1.165) is 18.5 Å². The Bertz CT molecular complexity index is 187. The summed E-state index contributed by atoms with van der Waals surface area (Å²) < 4.78 is 0. The Balaban J connectivity index is 1.97. The minimum Gasteiger partial charge on any atom is -0.329 e. The summed E-state index contributed by atoms with van der Waals surface area (Å²) >= 11 is 0. The number of piperidine rings is 1. The number of nitrogens with two attached hydrogens (primary N) is 1. The van der Waals surface area contributed by atoms with Crippen LogP contribution in [0.2, 0.25) is 0 Å². The summed E-state index contributed by atoms with van der Waals surface area (Å²) in [5, 5.41) is 0. The molecule has 1 aliphatic carbocycles. The van der Waals surface area contributed by atoms with Crippen LogP contribution in [-0.2, 0) is 0 Å². The molecule has 2 N–H and O–H groups in total. The highest BCUT2D eigenvalue weighted by Crippen LogP contribution is 2.30. The quantitative estimate of drug-likeness (QED) is 0.758. The van der Waals surface area contributed by atoms with Crippen molar-refractivity contribution in [1.82, 2.24) is 4.90 Å². The van der Waals surface area contributed by atoms with Crippen LogP contribution in [0, 0.1) is 5.92 Å². The zero-order valence-electron chi connectivity index (χ0n) is 10.1. The van der Waals surface area contributed by atoms with Crippen LogP contribution in [0.3, 0.4) is 0 Å². The molecule has 88 valence electrons. The normalized spacial score (nSPS) is 35.6. The van der Waals surface area contributed by atoms with Crippen molar-refractivity contribution >= 4 is 0 Å². The molecule has 1 aliphatic heterocycles. The summed E-state index contributed by atoms with van der Waals surface area (Å²) in [6, 6.07) is 1.52. The molecule has 2 fully saturated rings. The van der Waals surface area contributed by atoms with Crippen molar-refractivity contribution in [2.75, 3.05) is 13.1 Å². The van der Waals surface area contributed by atoms with Crippen LogP contribution in [0.4, 0.5) is 0 Å². The Kier molecular flexibility index (Phi) is 4.04. The molecule has 2 unspecified atom stereocenters.